The number of quaternary nitrogens is 2. The highest BCUT2D eigenvalue weighted by molar-refractivity contribution is 7.12. The van der Waals surface area contributed by atoms with E-state index in [1.54, 1.807) is 11.3 Å². The van der Waals surface area contributed by atoms with Crippen LogP contribution in [-0.2, 0) is 25.6 Å². The lowest BCUT2D eigenvalue weighted by Gasteiger charge is -1.96. The lowest BCUT2D eigenvalue weighted by Crippen LogP contribution is -2.70. The quantitative estimate of drug-likeness (QED) is 0.237. The molecule has 0 fully saturated rings. The summed E-state index contributed by atoms with van der Waals surface area (Å²) >= 11 is 7.57. The molecule has 7 N–H and O–H groups in total. The van der Waals surface area contributed by atoms with Crippen molar-refractivity contribution in [3.63, 3.8) is 0 Å². The van der Waals surface area contributed by atoms with Crippen molar-refractivity contribution in [2.75, 3.05) is 6.54 Å². The first kappa shape index (κ1) is 28.4. The molecule has 0 saturated carbocycles. The molecule has 2 aromatic rings. The summed E-state index contributed by atoms with van der Waals surface area (Å²) in [5, 5.41) is 40.4. The number of thiazole rings is 1. The molecular formula is C19H20ClN3O8S. The fourth-order valence-corrected chi connectivity index (χ4v) is 2.70. The van der Waals surface area contributed by atoms with Crippen molar-refractivity contribution in [1.29, 1.82) is 0 Å². The van der Waals surface area contributed by atoms with Gasteiger partial charge in [0.1, 0.15) is 5.69 Å². The van der Waals surface area contributed by atoms with E-state index in [-0.39, 0.29) is 0 Å². The van der Waals surface area contributed by atoms with Gasteiger partial charge in [0, 0.05) is 35.0 Å². The van der Waals surface area contributed by atoms with Gasteiger partial charge in [-0.25, -0.2) is 9.59 Å². The number of aliphatic carboxylic acids is 4. The molecule has 0 atom stereocenters. The second kappa shape index (κ2) is 16.2. The molecule has 13 heteroatoms. The highest BCUT2D eigenvalue weighted by Gasteiger charge is 2.07. The zero-order chi connectivity index (χ0) is 24.5. The number of carbonyl (C=O) groups excluding carboxylic acids is 2. The van der Waals surface area contributed by atoms with Crippen LogP contribution in [0.25, 0.3) is 0 Å². The first-order valence-electron chi connectivity index (χ1n) is 8.61. The largest absolute Gasteiger partial charge is 0.545 e. The number of nitrogens with two attached hydrogens (primary N) is 1. The van der Waals surface area contributed by atoms with Gasteiger partial charge in [-0.1, -0.05) is 29.0 Å². The van der Waals surface area contributed by atoms with Crippen molar-refractivity contribution in [1.82, 2.24) is 4.98 Å². The van der Waals surface area contributed by atoms with Crippen molar-refractivity contribution >= 4 is 57.6 Å². The second-order valence-corrected chi connectivity index (χ2v) is 6.79. The number of aromatic nitrogens is 1. The molecule has 0 saturated heterocycles. The molecule has 1 aromatic carbocycles. The fraction of sp³-hybridized carbons (Fsp3) is 0.105. The maximum Gasteiger partial charge on any atom is 0.328 e. The summed E-state index contributed by atoms with van der Waals surface area (Å²) in [6.45, 7) is 0.889. The van der Waals surface area contributed by atoms with Gasteiger partial charge in [-0.2, -0.15) is 4.98 Å². The number of hydrogen-bond acceptors (Lipinski definition) is 8. The zero-order valence-electron chi connectivity index (χ0n) is 16.5. The summed E-state index contributed by atoms with van der Waals surface area (Å²) in [7, 11) is 0. The van der Waals surface area contributed by atoms with E-state index in [0.29, 0.717) is 24.3 Å². The molecule has 0 aliphatic heterocycles. The number of benzene rings is 1. The topological polar surface area (TPSA) is 212 Å². The molecule has 0 aliphatic rings. The number of nitrogens with zero attached hydrogens (tertiary/aromatic N) is 1. The third-order valence-corrected chi connectivity index (χ3v) is 3.94. The van der Waals surface area contributed by atoms with Gasteiger partial charge in [0.05, 0.1) is 24.2 Å². The molecule has 11 nitrogen and oxygen atoms in total. The van der Waals surface area contributed by atoms with E-state index in [1.807, 2.05) is 29.6 Å². The van der Waals surface area contributed by atoms with Gasteiger partial charge < -0.3 is 35.7 Å². The summed E-state index contributed by atoms with van der Waals surface area (Å²) < 4.78 is 0. The van der Waals surface area contributed by atoms with Crippen LogP contribution in [-0.4, -0.2) is 45.6 Å². The minimum absolute atomic E-state index is 0.447. The molecule has 0 aliphatic carbocycles. The number of halogens is 1. The van der Waals surface area contributed by atoms with E-state index in [1.165, 1.54) is 0 Å². The molecule has 32 heavy (non-hydrogen) atoms. The number of hydrogen-bond donors (Lipinski definition) is 4. The summed E-state index contributed by atoms with van der Waals surface area (Å²) in [4.78, 5) is 42.4. The smallest absolute Gasteiger partial charge is 0.328 e. The van der Waals surface area contributed by atoms with Crippen LogP contribution in [0, 0.1) is 0 Å². The second-order valence-electron chi connectivity index (χ2n) is 5.46. The lowest BCUT2D eigenvalue weighted by atomic mass is 10.3. The van der Waals surface area contributed by atoms with Gasteiger partial charge in [-0.3, -0.25) is 5.32 Å². The number of carboxylic acids is 4. The summed E-state index contributed by atoms with van der Waals surface area (Å²) in [5.74, 6) is -5.61. The van der Waals surface area contributed by atoms with Crippen molar-refractivity contribution in [3.8, 4) is 0 Å². The maximum atomic E-state index is 9.53. The molecule has 0 spiro atoms. The van der Waals surface area contributed by atoms with Crippen LogP contribution in [0.5, 0.6) is 0 Å². The van der Waals surface area contributed by atoms with Crippen LogP contribution >= 0.6 is 22.9 Å². The molecule has 2 rings (SSSR count). The normalized spacial score (nSPS) is 10.1. The summed E-state index contributed by atoms with van der Waals surface area (Å²) in [6.07, 6.45) is 2.83. The summed E-state index contributed by atoms with van der Waals surface area (Å²) in [5.41, 5.74) is 6.03. The Morgan fingerprint density at radius 1 is 1.06 bits per heavy atom. The minimum Gasteiger partial charge on any atom is -0.545 e. The molecule has 0 amide bonds. The van der Waals surface area contributed by atoms with E-state index >= 15 is 0 Å². The van der Waals surface area contributed by atoms with E-state index in [0.717, 1.165) is 34.5 Å². The zero-order valence-corrected chi connectivity index (χ0v) is 18.0. The van der Waals surface area contributed by atoms with Crippen molar-refractivity contribution < 1.29 is 50.7 Å². The predicted octanol–water partition coefficient (Wildman–Crippen LogP) is -2.14. The molecule has 0 unspecified atom stereocenters. The van der Waals surface area contributed by atoms with Crippen LogP contribution in [0.15, 0.2) is 53.9 Å². The molecular weight excluding hydrogens is 466 g/mol. The van der Waals surface area contributed by atoms with Crippen molar-refractivity contribution in [2.45, 2.75) is 6.42 Å². The Kier molecular flexibility index (Phi) is 14.3. The minimum atomic E-state index is -1.51. The van der Waals surface area contributed by atoms with E-state index in [2.05, 4.69) is 16.1 Å². The number of rotatable bonds is 8. The van der Waals surface area contributed by atoms with Gasteiger partial charge in [-0.05, 0) is 24.3 Å². The Morgan fingerprint density at radius 3 is 2.03 bits per heavy atom. The Morgan fingerprint density at radius 2 is 1.62 bits per heavy atom. The Bertz CT molecular complexity index is 909. The van der Waals surface area contributed by atoms with E-state index in [9.17, 15) is 29.4 Å². The highest BCUT2D eigenvalue weighted by atomic mass is 35.5. The molecule has 172 valence electrons. The third kappa shape index (κ3) is 16.2. The van der Waals surface area contributed by atoms with Crippen LogP contribution in [0.2, 0.25) is 5.02 Å². The van der Waals surface area contributed by atoms with E-state index in [4.69, 9.17) is 21.8 Å². The molecule has 0 radical (unpaired) electrons. The Labute approximate surface area is 191 Å². The number of carbonyl (C=O) groups is 4. The van der Waals surface area contributed by atoms with E-state index < -0.39 is 23.9 Å². The maximum absolute atomic E-state index is 9.53. The summed E-state index contributed by atoms with van der Waals surface area (Å²) in [6, 6.07) is 7.77. The first-order valence-corrected chi connectivity index (χ1v) is 9.87. The number of carboxylic acid groups (broad SMARTS) is 4. The van der Waals surface area contributed by atoms with Crippen LogP contribution < -0.4 is 21.3 Å². The lowest BCUT2D eigenvalue weighted by molar-refractivity contribution is -0.478. The SMILES string of the molecule is O=C([O-])/C=C\C(=O)O.O=C([O-])/C=C\C(=O)O.[NH3+]CCc1csc([NH2+]c2cccc(Cl)c2)n1. The van der Waals surface area contributed by atoms with Crippen molar-refractivity contribution in [2.24, 2.45) is 0 Å². The monoisotopic (exact) mass is 485 g/mol. The van der Waals surface area contributed by atoms with Gasteiger partial charge >= 0.3 is 11.9 Å². The van der Waals surface area contributed by atoms with Crippen molar-refractivity contribution in [3.05, 3.63) is 64.7 Å². The molecule has 1 heterocycles. The van der Waals surface area contributed by atoms with Crippen LogP contribution in [0.1, 0.15) is 5.69 Å². The third-order valence-electron chi connectivity index (χ3n) is 2.87. The van der Waals surface area contributed by atoms with Crippen LogP contribution in [0.4, 0.5) is 10.8 Å². The van der Waals surface area contributed by atoms with Gasteiger partial charge in [0.25, 0.3) is 5.13 Å². The Hall–Kier alpha value is -3.58. The average molecular weight is 486 g/mol. The van der Waals surface area contributed by atoms with Gasteiger partial charge in [0.15, 0.2) is 0 Å². The predicted molar refractivity (Wildman–Crippen MR) is 110 cm³/mol. The first-order chi connectivity index (χ1) is 15.0. The van der Waals surface area contributed by atoms with Gasteiger partial charge in [-0.15, -0.1) is 0 Å². The Balaban J connectivity index is 0.000000510. The van der Waals surface area contributed by atoms with Gasteiger partial charge in [0.2, 0.25) is 0 Å². The average Bonchev–Trinajstić information content (AvgIpc) is 3.13. The van der Waals surface area contributed by atoms with Crippen LogP contribution in [0.3, 0.4) is 0 Å². The fourth-order valence-electron chi connectivity index (χ4n) is 1.70. The highest BCUT2D eigenvalue weighted by Crippen LogP contribution is 2.15. The standard InChI is InChI=1S/C11H12ClN3S.2C4H4O4/c12-8-2-1-3-9(6-8)14-11-15-10(4-5-13)7-16-11;2*5-3(6)1-2-4(7)8/h1-3,6-7H,4-5,13H2,(H,14,15);2*1-2H,(H,5,6)(H,7,8)/b;2*2-1-. The molecule has 0 bridgehead atoms. The molecule has 1 aromatic heterocycles.